The van der Waals surface area contributed by atoms with Gasteiger partial charge in [0, 0.05) is 36.1 Å². The largest absolute Gasteiger partial charge is 0.452 e. The molecule has 0 fully saturated rings. The Morgan fingerprint density at radius 2 is 1.76 bits per heavy atom. The minimum Gasteiger partial charge on any atom is -0.452 e. The van der Waals surface area contributed by atoms with Crippen molar-refractivity contribution in [3.8, 4) is 22.4 Å². The number of nitrogens with zero attached hydrogens (tertiary/aromatic N) is 2. The van der Waals surface area contributed by atoms with Crippen LogP contribution in [-0.2, 0) is 0 Å². The van der Waals surface area contributed by atoms with E-state index in [1.54, 1.807) is 18.2 Å². The normalized spacial score (nSPS) is 16.0. The van der Waals surface area contributed by atoms with Gasteiger partial charge in [-0.25, -0.2) is 9.97 Å². The summed E-state index contributed by atoms with van der Waals surface area (Å²) in [6, 6.07) is 2.31. The van der Waals surface area contributed by atoms with Crippen LogP contribution in [0, 0.1) is 0 Å². The third-order valence-corrected chi connectivity index (χ3v) is 6.68. The van der Waals surface area contributed by atoms with E-state index >= 15 is 0 Å². The molecule has 0 saturated carbocycles. The predicted molar refractivity (Wildman–Crippen MR) is 138 cm³/mol. The van der Waals surface area contributed by atoms with Crippen LogP contribution in [0.3, 0.4) is 0 Å². The molecule has 0 saturated heterocycles. The lowest BCUT2D eigenvalue weighted by molar-refractivity contribution is 0.667. The van der Waals surface area contributed by atoms with Gasteiger partial charge in [0.25, 0.3) is 0 Å². The summed E-state index contributed by atoms with van der Waals surface area (Å²) in [5.74, 6) is 0. The van der Waals surface area contributed by atoms with Crippen molar-refractivity contribution in [1.82, 2.24) is 9.97 Å². The molecule has 3 nitrogen and oxygen atoms in total. The number of thiophene rings is 1. The predicted octanol–water partition coefficient (Wildman–Crippen LogP) is 8.73. The van der Waals surface area contributed by atoms with Gasteiger partial charge in [-0.15, -0.1) is 11.3 Å². The molecule has 4 aromatic carbocycles. The van der Waals surface area contributed by atoms with E-state index in [9.17, 15) is 1.37 Å². The molecular weight excluding hydrogens is 448 g/mol. The van der Waals surface area contributed by atoms with Gasteiger partial charge in [-0.05, 0) is 41.4 Å². The number of fused-ring (bicyclic) bond motifs is 6. The first-order valence-corrected chi connectivity index (χ1v) is 11.0. The first kappa shape index (κ1) is 11.4. The maximum atomic E-state index is 9.25. The van der Waals surface area contributed by atoms with E-state index in [0.29, 0.717) is 21.5 Å². The van der Waals surface area contributed by atoms with Gasteiger partial charge in [0.2, 0.25) is 0 Å². The fraction of sp³-hybridized carbons (Fsp3) is 0. The zero-order valence-electron chi connectivity index (χ0n) is 26.5. The van der Waals surface area contributed by atoms with Crippen molar-refractivity contribution >= 4 is 65.2 Å². The lowest BCUT2D eigenvalue weighted by atomic mass is 9.99. The summed E-state index contributed by atoms with van der Waals surface area (Å²) in [6.45, 7) is 0. The highest BCUT2D eigenvalue weighted by Crippen LogP contribution is 2.41. The monoisotopic (exact) mass is 472 g/mol. The van der Waals surface area contributed by atoms with Crippen LogP contribution in [0.4, 0.5) is 0 Å². The van der Waals surface area contributed by atoms with Gasteiger partial charge in [0.15, 0.2) is 5.58 Å². The summed E-state index contributed by atoms with van der Waals surface area (Å²) >= 11 is 7.10. The Morgan fingerprint density at radius 1 is 0.879 bits per heavy atom. The molecule has 33 heavy (non-hydrogen) atoms. The van der Waals surface area contributed by atoms with Crippen molar-refractivity contribution in [2.75, 3.05) is 0 Å². The van der Waals surface area contributed by atoms with E-state index < -0.39 is 30.2 Å². The van der Waals surface area contributed by atoms with Crippen LogP contribution in [0.15, 0.2) is 95.4 Å². The fourth-order valence-electron chi connectivity index (χ4n) is 3.87. The Labute approximate surface area is 211 Å². The van der Waals surface area contributed by atoms with Crippen LogP contribution in [0.25, 0.3) is 64.6 Å². The van der Waals surface area contributed by atoms with Crippen LogP contribution in [0.2, 0.25) is 5.02 Å². The molecule has 7 rings (SSSR count). The van der Waals surface area contributed by atoms with Gasteiger partial charge < -0.3 is 4.42 Å². The molecule has 3 heterocycles. The van der Waals surface area contributed by atoms with Crippen molar-refractivity contribution in [2.45, 2.75) is 0 Å². The van der Waals surface area contributed by atoms with Crippen molar-refractivity contribution in [1.29, 1.82) is 0 Å². The smallest absolute Gasteiger partial charge is 0.180 e. The third-order valence-electron chi connectivity index (χ3n) is 5.32. The molecule has 3 aromatic heterocycles. The first-order valence-electron chi connectivity index (χ1n) is 14.8. The molecule has 0 aliphatic rings. The van der Waals surface area contributed by atoms with Gasteiger partial charge in [-0.3, -0.25) is 0 Å². The number of halogens is 1. The van der Waals surface area contributed by atoms with Gasteiger partial charge in [0.05, 0.1) is 13.7 Å². The highest BCUT2D eigenvalue weighted by atomic mass is 35.5. The molecule has 0 radical (unpaired) electrons. The Hall–Kier alpha value is -3.73. The van der Waals surface area contributed by atoms with Crippen LogP contribution < -0.4 is 0 Å². The van der Waals surface area contributed by atoms with E-state index in [-0.39, 0.29) is 78.4 Å². The average Bonchev–Trinajstić information content (AvgIpc) is 3.55. The SMILES string of the molecule is [2H]c1cc([2H])c(-c2c([2H])c([2H])c([2H])c3c2sc2c([2H])c([2H])c([2H])c([2H])c23)c([2H])c1-c1ncnc2c1oc1ccc(Cl)cc12. The van der Waals surface area contributed by atoms with Crippen molar-refractivity contribution in [3.63, 3.8) is 0 Å². The van der Waals surface area contributed by atoms with Gasteiger partial charge in [-0.2, -0.15) is 0 Å². The van der Waals surface area contributed by atoms with Crippen molar-refractivity contribution in [3.05, 3.63) is 96.0 Å². The summed E-state index contributed by atoms with van der Waals surface area (Å²) in [6.07, 6.45) is 1.26. The molecule has 0 amide bonds. The zero-order valence-corrected chi connectivity index (χ0v) is 18.0. The highest BCUT2D eigenvalue weighted by molar-refractivity contribution is 7.26. The lowest BCUT2D eigenvalue weighted by Gasteiger charge is -2.07. The number of benzene rings is 4. The Balaban J connectivity index is 1.62. The molecule has 0 spiro atoms. The molecule has 0 aliphatic carbocycles. The van der Waals surface area contributed by atoms with Gasteiger partial charge >= 0.3 is 0 Å². The molecule has 156 valence electrons. The molecule has 7 aromatic rings. The zero-order chi connectivity index (χ0) is 30.6. The van der Waals surface area contributed by atoms with Crippen LogP contribution >= 0.6 is 22.9 Å². The third kappa shape index (κ3) is 2.88. The Bertz CT molecular complexity index is 2390. The second-order valence-electron chi connectivity index (χ2n) is 7.21. The minimum atomic E-state index is -0.525. The molecular formula is C28H15ClN2OS. The molecule has 0 unspecified atom stereocenters. The molecule has 0 N–H and O–H groups in total. The second-order valence-corrected chi connectivity index (χ2v) is 8.67. The second kappa shape index (κ2) is 7.14. The number of furan rings is 1. The van der Waals surface area contributed by atoms with Crippen molar-refractivity contribution in [2.24, 2.45) is 0 Å². The molecule has 0 bridgehead atoms. The maximum Gasteiger partial charge on any atom is 0.180 e. The van der Waals surface area contributed by atoms with E-state index in [4.69, 9.17) is 28.4 Å². The van der Waals surface area contributed by atoms with E-state index in [2.05, 4.69) is 9.97 Å². The molecule has 0 aliphatic heterocycles. The number of aromatic nitrogens is 2. The average molecular weight is 473 g/mol. The number of rotatable bonds is 2. The lowest BCUT2D eigenvalue weighted by Crippen LogP contribution is -1.88. The Morgan fingerprint density at radius 3 is 2.73 bits per heavy atom. The number of hydrogen-bond donors (Lipinski definition) is 0. The van der Waals surface area contributed by atoms with E-state index in [0.717, 1.165) is 11.3 Å². The van der Waals surface area contributed by atoms with Gasteiger partial charge in [0.1, 0.15) is 23.1 Å². The molecule has 0 atom stereocenters. The summed E-state index contributed by atoms with van der Waals surface area (Å²) in [7, 11) is 0. The fourth-order valence-corrected chi connectivity index (χ4v) is 5.11. The van der Waals surface area contributed by atoms with Crippen LogP contribution in [0.5, 0.6) is 0 Å². The summed E-state index contributed by atoms with van der Waals surface area (Å²) in [5.41, 5.74) is 0.991. The van der Waals surface area contributed by atoms with Crippen LogP contribution in [-0.4, -0.2) is 9.97 Å². The summed E-state index contributed by atoms with van der Waals surface area (Å²) in [4.78, 5) is 8.66. The van der Waals surface area contributed by atoms with Gasteiger partial charge in [-0.1, -0.05) is 66.0 Å². The maximum absolute atomic E-state index is 9.25. The molecule has 5 heteroatoms. The van der Waals surface area contributed by atoms with Crippen LogP contribution in [0.1, 0.15) is 13.7 Å². The quantitative estimate of drug-likeness (QED) is 0.252. The highest BCUT2D eigenvalue weighted by Gasteiger charge is 2.16. The number of hydrogen-bond acceptors (Lipinski definition) is 4. The minimum absolute atomic E-state index is 0.0112. The summed E-state index contributed by atoms with van der Waals surface area (Å²) in [5, 5.41) is 1.14. The van der Waals surface area contributed by atoms with E-state index in [1.807, 2.05) is 0 Å². The first-order chi connectivity index (χ1) is 20.4. The topological polar surface area (TPSA) is 38.9 Å². The Kier molecular flexibility index (Phi) is 2.47. The standard InChI is InChI=1S/C28H15ClN2OS/c29-18-11-12-23-22(14-18)26-27(32-23)25(30-15-31-26)17-6-3-5-16(13-17)19-8-4-9-21-20-7-1-2-10-24(20)33-28(19)21/h1-15H/i1D,2D,4D,5D,6D,7D,8D,9D,10D,13D. The summed E-state index contributed by atoms with van der Waals surface area (Å²) < 4.78 is 92.3. The van der Waals surface area contributed by atoms with E-state index in [1.165, 1.54) is 12.4 Å². The van der Waals surface area contributed by atoms with Crippen molar-refractivity contribution < 1.29 is 18.1 Å².